The van der Waals surface area contributed by atoms with Crippen LogP contribution in [0.2, 0.25) is 0 Å². The Labute approximate surface area is 158 Å². The molecule has 7 heteroatoms. The minimum Gasteiger partial charge on any atom is -0.457 e. The van der Waals surface area contributed by atoms with E-state index >= 15 is 0 Å². The molecule has 1 aromatic heterocycles. The van der Waals surface area contributed by atoms with Crippen LogP contribution >= 0.6 is 0 Å². The first-order chi connectivity index (χ1) is 12.8. The van der Waals surface area contributed by atoms with Crippen molar-refractivity contribution in [1.82, 2.24) is 4.98 Å². The Bertz CT molecular complexity index is 816. The normalized spacial score (nSPS) is 14.2. The highest BCUT2D eigenvalue weighted by atomic mass is 19.1. The molecular formula is C20H24FN3O3. The first-order valence-electron chi connectivity index (χ1n) is 8.98. The van der Waals surface area contributed by atoms with Crippen LogP contribution in [0.3, 0.4) is 0 Å². The zero-order valence-corrected chi connectivity index (χ0v) is 15.7. The number of aromatic nitrogens is 1. The number of ether oxygens (including phenoxy) is 2. The van der Waals surface area contributed by atoms with Crippen LogP contribution in [0.15, 0.2) is 36.5 Å². The molecule has 1 fully saturated rings. The minimum atomic E-state index is -0.712. The molecule has 144 valence electrons. The van der Waals surface area contributed by atoms with Crippen LogP contribution < -0.4 is 15.4 Å². The van der Waals surface area contributed by atoms with Gasteiger partial charge < -0.3 is 14.8 Å². The molecule has 0 aliphatic heterocycles. The molecule has 1 aliphatic carbocycles. The molecule has 6 nitrogen and oxygen atoms in total. The van der Waals surface area contributed by atoms with Crippen molar-refractivity contribution in [1.29, 1.82) is 0 Å². The fourth-order valence-corrected chi connectivity index (χ4v) is 2.53. The summed E-state index contributed by atoms with van der Waals surface area (Å²) in [4.78, 5) is 16.0. The third kappa shape index (κ3) is 5.57. The van der Waals surface area contributed by atoms with Crippen molar-refractivity contribution in [2.75, 3.05) is 10.6 Å². The molecule has 2 aromatic rings. The van der Waals surface area contributed by atoms with Crippen molar-refractivity contribution >= 4 is 17.6 Å². The molecule has 0 saturated heterocycles. The second kappa shape index (κ2) is 7.82. The van der Waals surface area contributed by atoms with Gasteiger partial charge in [-0.05, 0) is 58.2 Å². The lowest BCUT2D eigenvalue weighted by Crippen LogP contribution is -2.27. The summed E-state index contributed by atoms with van der Waals surface area (Å²) in [7, 11) is 0. The first-order valence-corrected chi connectivity index (χ1v) is 8.98. The summed E-state index contributed by atoms with van der Waals surface area (Å²) in [6.07, 6.45) is 4.45. The lowest BCUT2D eigenvalue weighted by atomic mass is 9.93. The third-order valence-corrected chi connectivity index (χ3v) is 4.00. The predicted molar refractivity (Wildman–Crippen MR) is 102 cm³/mol. The van der Waals surface area contributed by atoms with Gasteiger partial charge in [0.2, 0.25) is 0 Å². The van der Waals surface area contributed by atoms with Crippen molar-refractivity contribution in [3.63, 3.8) is 0 Å². The second-order valence-corrected chi connectivity index (χ2v) is 7.52. The van der Waals surface area contributed by atoms with E-state index in [1.54, 1.807) is 45.2 Å². The summed E-state index contributed by atoms with van der Waals surface area (Å²) in [6.45, 7) is 5.22. The second-order valence-electron chi connectivity index (χ2n) is 7.52. The van der Waals surface area contributed by atoms with Gasteiger partial charge in [0, 0.05) is 24.4 Å². The number of carbonyl (C=O) groups excluding carboxylic acids is 1. The smallest absolute Gasteiger partial charge is 0.412 e. The van der Waals surface area contributed by atoms with Gasteiger partial charge in [0.05, 0.1) is 5.69 Å². The highest BCUT2D eigenvalue weighted by molar-refractivity contribution is 5.85. The Balaban J connectivity index is 1.63. The molecule has 0 unspecified atom stereocenters. The zero-order chi connectivity index (χ0) is 19.4. The van der Waals surface area contributed by atoms with Crippen molar-refractivity contribution < 1.29 is 18.7 Å². The third-order valence-electron chi connectivity index (χ3n) is 4.00. The zero-order valence-electron chi connectivity index (χ0n) is 15.7. The highest BCUT2D eigenvalue weighted by Gasteiger charge is 2.18. The Morgan fingerprint density at radius 2 is 1.93 bits per heavy atom. The van der Waals surface area contributed by atoms with E-state index in [2.05, 4.69) is 15.6 Å². The van der Waals surface area contributed by atoms with E-state index in [9.17, 15) is 9.18 Å². The van der Waals surface area contributed by atoms with Gasteiger partial charge in [-0.25, -0.2) is 14.2 Å². The summed E-state index contributed by atoms with van der Waals surface area (Å²) in [6, 6.07) is 8.17. The number of nitrogens with zero attached hydrogens (tertiary/aromatic N) is 1. The van der Waals surface area contributed by atoms with Crippen molar-refractivity contribution in [3.05, 3.63) is 42.3 Å². The molecule has 0 spiro atoms. The van der Waals surface area contributed by atoms with Gasteiger partial charge in [0.1, 0.15) is 22.9 Å². The molecule has 1 saturated carbocycles. The number of hydrogen-bond acceptors (Lipinski definition) is 5. The molecule has 1 heterocycles. The van der Waals surface area contributed by atoms with Gasteiger partial charge in [0.25, 0.3) is 0 Å². The number of amides is 1. The van der Waals surface area contributed by atoms with E-state index in [4.69, 9.17) is 9.47 Å². The van der Waals surface area contributed by atoms with Crippen LogP contribution in [0.1, 0.15) is 40.0 Å². The maximum Gasteiger partial charge on any atom is 0.412 e. The number of pyridine rings is 1. The van der Waals surface area contributed by atoms with Crippen molar-refractivity contribution in [3.8, 4) is 11.5 Å². The summed E-state index contributed by atoms with van der Waals surface area (Å²) < 4.78 is 25.1. The lowest BCUT2D eigenvalue weighted by molar-refractivity contribution is 0.0635. The van der Waals surface area contributed by atoms with Crippen molar-refractivity contribution in [2.24, 2.45) is 0 Å². The Morgan fingerprint density at radius 1 is 1.19 bits per heavy atom. The van der Waals surface area contributed by atoms with Crippen LogP contribution in [-0.2, 0) is 4.74 Å². The number of nitrogens with one attached hydrogen (secondary N) is 2. The maximum atomic E-state index is 14.3. The van der Waals surface area contributed by atoms with Crippen molar-refractivity contribution in [2.45, 2.75) is 51.7 Å². The quantitative estimate of drug-likeness (QED) is 0.742. The van der Waals surface area contributed by atoms with E-state index in [1.165, 1.54) is 18.6 Å². The summed E-state index contributed by atoms with van der Waals surface area (Å²) >= 11 is 0. The molecule has 0 bridgehead atoms. The first kappa shape index (κ1) is 18.9. The van der Waals surface area contributed by atoms with Crippen LogP contribution in [0.25, 0.3) is 0 Å². The standard InChI is InChI=1S/C20H24FN3O3/c1-20(2,3)27-19(25)24-17-8-7-14(11-16(17)21)26-15-9-10-22-18(12-15)23-13-5-4-6-13/h7-13H,4-6H2,1-3H3,(H,22,23)(H,24,25). The topological polar surface area (TPSA) is 72.5 Å². The molecule has 1 aromatic carbocycles. The van der Waals surface area contributed by atoms with E-state index < -0.39 is 17.5 Å². The number of rotatable bonds is 5. The van der Waals surface area contributed by atoms with E-state index in [-0.39, 0.29) is 5.69 Å². The van der Waals surface area contributed by atoms with E-state index in [1.807, 2.05) is 0 Å². The lowest BCUT2D eigenvalue weighted by Gasteiger charge is -2.26. The van der Waals surface area contributed by atoms with Gasteiger partial charge in [0.15, 0.2) is 5.82 Å². The predicted octanol–water partition coefficient (Wildman–Crippen LogP) is 5.32. The highest BCUT2D eigenvalue weighted by Crippen LogP contribution is 2.28. The molecular weight excluding hydrogens is 349 g/mol. The molecule has 0 radical (unpaired) electrons. The minimum absolute atomic E-state index is 0.0265. The Hall–Kier alpha value is -2.83. The number of benzene rings is 1. The molecule has 0 atom stereocenters. The average Bonchev–Trinajstić information content (AvgIpc) is 2.52. The van der Waals surface area contributed by atoms with E-state index in [0.29, 0.717) is 17.5 Å². The summed E-state index contributed by atoms with van der Waals surface area (Å²) in [5.41, 5.74) is -0.630. The monoisotopic (exact) mass is 373 g/mol. The Kier molecular flexibility index (Phi) is 5.48. The molecule has 3 rings (SSSR count). The van der Waals surface area contributed by atoms with Crippen LogP contribution in [0.4, 0.5) is 20.7 Å². The SMILES string of the molecule is CC(C)(C)OC(=O)Nc1ccc(Oc2ccnc(NC3CCC3)c2)cc1F. The number of anilines is 2. The fraction of sp³-hybridized carbons (Fsp3) is 0.400. The van der Waals surface area contributed by atoms with Gasteiger partial charge in [-0.3, -0.25) is 5.32 Å². The molecule has 27 heavy (non-hydrogen) atoms. The number of halogens is 1. The fourth-order valence-electron chi connectivity index (χ4n) is 2.53. The summed E-state index contributed by atoms with van der Waals surface area (Å²) in [5, 5.41) is 5.73. The maximum absolute atomic E-state index is 14.3. The molecule has 2 N–H and O–H groups in total. The largest absolute Gasteiger partial charge is 0.457 e. The van der Waals surface area contributed by atoms with Gasteiger partial charge in [-0.15, -0.1) is 0 Å². The molecule has 1 aliphatic rings. The summed E-state index contributed by atoms with van der Waals surface area (Å²) in [5.74, 6) is 1.00. The van der Waals surface area contributed by atoms with Crippen LogP contribution in [0.5, 0.6) is 11.5 Å². The van der Waals surface area contributed by atoms with Crippen LogP contribution in [0, 0.1) is 5.82 Å². The average molecular weight is 373 g/mol. The van der Waals surface area contributed by atoms with E-state index in [0.717, 1.165) is 18.7 Å². The Morgan fingerprint density at radius 3 is 2.56 bits per heavy atom. The van der Waals surface area contributed by atoms with Crippen LogP contribution in [-0.4, -0.2) is 22.7 Å². The number of hydrogen-bond donors (Lipinski definition) is 2. The molecule has 1 amide bonds. The van der Waals surface area contributed by atoms with Gasteiger partial charge >= 0.3 is 6.09 Å². The van der Waals surface area contributed by atoms with Gasteiger partial charge in [-0.2, -0.15) is 0 Å². The van der Waals surface area contributed by atoms with Gasteiger partial charge in [-0.1, -0.05) is 0 Å². The number of carbonyl (C=O) groups is 1.